The van der Waals surface area contributed by atoms with Gasteiger partial charge >= 0.3 is 0 Å². The van der Waals surface area contributed by atoms with E-state index in [0.29, 0.717) is 25.1 Å². The Balaban J connectivity index is 1.80. The lowest BCUT2D eigenvalue weighted by molar-refractivity contribution is -0.130. The predicted octanol–water partition coefficient (Wildman–Crippen LogP) is 1.19. The number of hydrogen-bond acceptors (Lipinski definition) is 3. The van der Waals surface area contributed by atoms with Crippen molar-refractivity contribution in [1.29, 1.82) is 0 Å². The van der Waals surface area contributed by atoms with E-state index in [0.717, 1.165) is 5.52 Å². The van der Waals surface area contributed by atoms with Crippen molar-refractivity contribution in [2.45, 2.75) is 19.8 Å². The van der Waals surface area contributed by atoms with Crippen molar-refractivity contribution in [2.75, 3.05) is 11.9 Å². The van der Waals surface area contributed by atoms with Crippen LogP contribution in [0.3, 0.4) is 0 Å². The van der Waals surface area contributed by atoms with Crippen LogP contribution in [0.5, 0.6) is 0 Å². The fourth-order valence-corrected chi connectivity index (χ4v) is 2.36. The number of nitrogens with zero attached hydrogens (tertiary/aromatic N) is 2. The highest BCUT2D eigenvalue weighted by Crippen LogP contribution is 2.28. The monoisotopic (exact) mass is 272 g/mol. The zero-order chi connectivity index (χ0) is 14.2. The van der Waals surface area contributed by atoms with Gasteiger partial charge < -0.3 is 10.6 Å². The molecule has 1 fully saturated rings. The Morgan fingerprint density at radius 3 is 3.10 bits per heavy atom. The fourth-order valence-electron chi connectivity index (χ4n) is 2.36. The molecule has 0 spiro atoms. The summed E-state index contributed by atoms with van der Waals surface area (Å²) < 4.78 is 1.71. The summed E-state index contributed by atoms with van der Waals surface area (Å²) in [4.78, 5) is 23.6. The quantitative estimate of drug-likeness (QED) is 0.862. The van der Waals surface area contributed by atoms with Crippen LogP contribution in [0.2, 0.25) is 0 Å². The van der Waals surface area contributed by atoms with Gasteiger partial charge in [0.15, 0.2) is 0 Å². The van der Waals surface area contributed by atoms with E-state index in [9.17, 15) is 9.59 Å². The van der Waals surface area contributed by atoms with Crippen LogP contribution in [0, 0.1) is 5.41 Å². The average molecular weight is 272 g/mol. The third-order valence-electron chi connectivity index (χ3n) is 3.80. The van der Waals surface area contributed by atoms with E-state index < -0.39 is 5.41 Å². The average Bonchev–Trinajstić information content (AvgIpc) is 2.86. The molecule has 20 heavy (non-hydrogen) atoms. The minimum Gasteiger partial charge on any atom is -0.355 e. The van der Waals surface area contributed by atoms with Gasteiger partial charge in [0.25, 0.3) is 0 Å². The molecule has 1 atom stereocenters. The summed E-state index contributed by atoms with van der Waals surface area (Å²) in [5.41, 5.74) is 0.967. The number of hydrogen-bond donors (Lipinski definition) is 2. The largest absolute Gasteiger partial charge is 0.355 e. The summed E-state index contributed by atoms with van der Waals surface area (Å²) in [6.45, 7) is 2.24. The summed E-state index contributed by atoms with van der Waals surface area (Å²) in [5, 5.41) is 9.85. The molecule has 0 aromatic carbocycles. The molecule has 1 aliphatic heterocycles. The van der Waals surface area contributed by atoms with Crippen LogP contribution in [0.4, 0.5) is 5.69 Å². The molecule has 6 heteroatoms. The first-order valence-corrected chi connectivity index (χ1v) is 6.59. The molecule has 0 aliphatic carbocycles. The van der Waals surface area contributed by atoms with Crippen LogP contribution in [-0.4, -0.2) is 28.0 Å². The molecule has 0 bridgehead atoms. The minimum absolute atomic E-state index is 0.00579. The van der Waals surface area contributed by atoms with Gasteiger partial charge in [0.1, 0.15) is 0 Å². The topological polar surface area (TPSA) is 75.5 Å². The smallest absolute Gasteiger partial charge is 0.232 e. The molecule has 2 amide bonds. The van der Waals surface area contributed by atoms with E-state index >= 15 is 0 Å². The number of nitrogens with one attached hydrogen (secondary N) is 2. The Bertz CT molecular complexity index is 667. The van der Waals surface area contributed by atoms with E-state index in [-0.39, 0.29) is 11.8 Å². The van der Waals surface area contributed by atoms with Crippen molar-refractivity contribution in [1.82, 2.24) is 14.9 Å². The molecule has 0 radical (unpaired) electrons. The Labute approximate surface area is 116 Å². The molecule has 3 rings (SSSR count). The molecule has 2 aromatic rings. The molecule has 1 unspecified atom stereocenters. The van der Waals surface area contributed by atoms with E-state index in [1.165, 1.54) is 0 Å². The highest BCUT2D eigenvalue weighted by molar-refractivity contribution is 5.99. The summed E-state index contributed by atoms with van der Waals surface area (Å²) in [6.07, 6.45) is 4.41. The number of fused-ring (bicyclic) bond motifs is 1. The van der Waals surface area contributed by atoms with Crippen molar-refractivity contribution in [3.05, 3.63) is 30.6 Å². The number of carbonyl (C=O) groups excluding carboxylic acids is 2. The molecule has 6 nitrogen and oxygen atoms in total. The summed E-state index contributed by atoms with van der Waals surface area (Å²) in [5.74, 6) is -0.0810. The molecule has 2 N–H and O–H groups in total. The van der Waals surface area contributed by atoms with E-state index in [2.05, 4.69) is 15.7 Å². The Kier molecular flexibility index (Phi) is 2.93. The van der Waals surface area contributed by atoms with Gasteiger partial charge in [-0.15, -0.1) is 0 Å². The van der Waals surface area contributed by atoms with Crippen LogP contribution in [0.1, 0.15) is 19.8 Å². The Hall–Kier alpha value is -2.37. The van der Waals surface area contributed by atoms with Crippen LogP contribution < -0.4 is 10.6 Å². The van der Waals surface area contributed by atoms with E-state index in [1.54, 1.807) is 10.7 Å². The van der Waals surface area contributed by atoms with Crippen LogP contribution in [-0.2, 0) is 9.59 Å². The molecule has 0 saturated carbocycles. The fraction of sp³-hybridized carbons (Fsp3) is 0.357. The molecular weight excluding hydrogens is 256 g/mol. The summed E-state index contributed by atoms with van der Waals surface area (Å²) >= 11 is 0. The van der Waals surface area contributed by atoms with Crippen LogP contribution >= 0.6 is 0 Å². The van der Waals surface area contributed by atoms with Gasteiger partial charge in [0.05, 0.1) is 22.8 Å². The van der Waals surface area contributed by atoms with E-state index in [4.69, 9.17) is 0 Å². The SMILES string of the molecule is CC1(C(=O)Nc2cnn3ccccc23)CCC(=O)NC1. The van der Waals surface area contributed by atoms with E-state index in [1.807, 2.05) is 31.3 Å². The highest BCUT2D eigenvalue weighted by Gasteiger charge is 2.37. The zero-order valence-electron chi connectivity index (χ0n) is 11.2. The number of anilines is 1. The van der Waals surface area contributed by atoms with Gasteiger partial charge in [0.2, 0.25) is 11.8 Å². The number of amides is 2. The second-order valence-electron chi connectivity index (χ2n) is 5.38. The predicted molar refractivity (Wildman–Crippen MR) is 74.2 cm³/mol. The Morgan fingerprint density at radius 2 is 2.35 bits per heavy atom. The van der Waals surface area contributed by atoms with Crippen LogP contribution in [0.15, 0.2) is 30.6 Å². The van der Waals surface area contributed by atoms with Gasteiger partial charge in [-0.05, 0) is 25.5 Å². The number of pyridine rings is 1. The summed E-state index contributed by atoms with van der Waals surface area (Å²) in [6, 6.07) is 5.67. The number of rotatable bonds is 2. The third-order valence-corrected chi connectivity index (χ3v) is 3.80. The standard InChI is InChI=1S/C14H16N4O2/c1-14(6-5-12(19)15-9-14)13(20)17-10-8-16-18-7-3-2-4-11(10)18/h2-4,7-8H,5-6,9H2,1H3,(H,15,19)(H,17,20). The van der Waals surface area contributed by atoms with Crippen molar-refractivity contribution >= 4 is 23.0 Å². The van der Waals surface area contributed by atoms with Crippen molar-refractivity contribution in [2.24, 2.45) is 5.41 Å². The first kappa shape index (κ1) is 12.7. The second kappa shape index (κ2) is 4.63. The number of piperidine rings is 1. The maximum atomic E-state index is 12.4. The van der Waals surface area contributed by atoms with Crippen LogP contribution in [0.25, 0.3) is 5.52 Å². The van der Waals surface area contributed by atoms with Crippen molar-refractivity contribution < 1.29 is 9.59 Å². The molecule has 1 saturated heterocycles. The van der Waals surface area contributed by atoms with Gasteiger partial charge in [-0.2, -0.15) is 5.10 Å². The highest BCUT2D eigenvalue weighted by atomic mass is 16.2. The lowest BCUT2D eigenvalue weighted by atomic mass is 9.81. The van der Waals surface area contributed by atoms with Gasteiger partial charge in [-0.1, -0.05) is 6.07 Å². The molecule has 3 heterocycles. The normalized spacial score (nSPS) is 22.6. The van der Waals surface area contributed by atoms with Crippen molar-refractivity contribution in [3.8, 4) is 0 Å². The van der Waals surface area contributed by atoms with Gasteiger partial charge in [-0.25, -0.2) is 4.52 Å². The van der Waals surface area contributed by atoms with Gasteiger partial charge in [-0.3, -0.25) is 9.59 Å². The second-order valence-corrected chi connectivity index (χ2v) is 5.38. The number of aromatic nitrogens is 2. The molecule has 2 aromatic heterocycles. The van der Waals surface area contributed by atoms with Crippen molar-refractivity contribution in [3.63, 3.8) is 0 Å². The lowest BCUT2D eigenvalue weighted by Crippen LogP contribution is -2.48. The first-order valence-electron chi connectivity index (χ1n) is 6.59. The lowest BCUT2D eigenvalue weighted by Gasteiger charge is -2.31. The van der Waals surface area contributed by atoms with Gasteiger partial charge in [0, 0.05) is 19.2 Å². The maximum Gasteiger partial charge on any atom is 0.232 e. The first-order chi connectivity index (χ1) is 9.58. The summed E-state index contributed by atoms with van der Waals surface area (Å²) in [7, 11) is 0. The molecule has 1 aliphatic rings. The zero-order valence-corrected chi connectivity index (χ0v) is 11.2. The molecular formula is C14H16N4O2. The Morgan fingerprint density at radius 1 is 1.50 bits per heavy atom. The molecule has 104 valence electrons. The maximum absolute atomic E-state index is 12.4. The third kappa shape index (κ3) is 2.13. The minimum atomic E-state index is -0.572. The number of carbonyl (C=O) groups is 2.